The SMILES string of the molecule is Cn1cnnc1CCNC(=O)Nc1ccc(C(=O)O)cc1. The molecule has 110 valence electrons. The molecular weight excluding hydrogens is 274 g/mol. The van der Waals surface area contributed by atoms with E-state index in [4.69, 9.17) is 5.11 Å². The maximum atomic E-state index is 11.7. The highest BCUT2D eigenvalue weighted by Gasteiger charge is 2.05. The molecular formula is C13H15N5O3. The number of anilines is 1. The van der Waals surface area contributed by atoms with Crippen LogP contribution in [-0.4, -0.2) is 38.4 Å². The molecule has 0 aliphatic rings. The molecule has 3 N–H and O–H groups in total. The second-order valence-corrected chi connectivity index (χ2v) is 4.37. The van der Waals surface area contributed by atoms with Crippen LogP contribution in [0.1, 0.15) is 16.2 Å². The number of urea groups is 1. The van der Waals surface area contributed by atoms with Crippen LogP contribution in [0, 0.1) is 0 Å². The molecule has 0 fully saturated rings. The van der Waals surface area contributed by atoms with Gasteiger partial charge in [0.2, 0.25) is 0 Å². The molecule has 0 spiro atoms. The first-order chi connectivity index (χ1) is 10.1. The van der Waals surface area contributed by atoms with Gasteiger partial charge in [0.15, 0.2) is 0 Å². The van der Waals surface area contributed by atoms with E-state index >= 15 is 0 Å². The molecule has 1 heterocycles. The average Bonchev–Trinajstić information content (AvgIpc) is 2.85. The van der Waals surface area contributed by atoms with Crippen LogP contribution in [0.4, 0.5) is 10.5 Å². The number of aromatic carboxylic acids is 1. The molecule has 0 aliphatic heterocycles. The molecule has 1 aromatic heterocycles. The second kappa shape index (κ2) is 6.51. The van der Waals surface area contributed by atoms with Crippen molar-refractivity contribution in [3.05, 3.63) is 42.0 Å². The van der Waals surface area contributed by atoms with Crippen molar-refractivity contribution in [2.24, 2.45) is 7.05 Å². The van der Waals surface area contributed by atoms with Crippen LogP contribution in [0.25, 0.3) is 0 Å². The first-order valence-electron chi connectivity index (χ1n) is 6.27. The zero-order valence-corrected chi connectivity index (χ0v) is 11.4. The van der Waals surface area contributed by atoms with Gasteiger partial charge in [0.1, 0.15) is 12.2 Å². The number of carbonyl (C=O) groups is 2. The number of benzene rings is 1. The third-order valence-corrected chi connectivity index (χ3v) is 2.83. The van der Waals surface area contributed by atoms with E-state index in [1.807, 2.05) is 7.05 Å². The number of carboxylic acids is 1. The minimum atomic E-state index is -1.00. The van der Waals surface area contributed by atoms with Gasteiger partial charge in [-0.15, -0.1) is 10.2 Å². The van der Waals surface area contributed by atoms with Gasteiger partial charge in [-0.05, 0) is 24.3 Å². The molecule has 0 aliphatic carbocycles. The minimum absolute atomic E-state index is 0.170. The van der Waals surface area contributed by atoms with Crippen LogP contribution in [0.15, 0.2) is 30.6 Å². The first kappa shape index (κ1) is 14.5. The summed E-state index contributed by atoms with van der Waals surface area (Å²) in [6.45, 7) is 0.422. The lowest BCUT2D eigenvalue weighted by molar-refractivity contribution is 0.0697. The summed E-state index contributed by atoms with van der Waals surface area (Å²) in [7, 11) is 1.83. The molecule has 0 saturated carbocycles. The van der Waals surface area contributed by atoms with E-state index in [0.29, 0.717) is 18.7 Å². The lowest BCUT2D eigenvalue weighted by atomic mass is 10.2. The highest BCUT2D eigenvalue weighted by Crippen LogP contribution is 2.09. The summed E-state index contributed by atoms with van der Waals surface area (Å²) in [5.74, 6) is -0.226. The Labute approximate surface area is 120 Å². The van der Waals surface area contributed by atoms with Crippen molar-refractivity contribution in [2.75, 3.05) is 11.9 Å². The van der Waals surface area contributed by atoms with E-state index in [-0.39, 0.29) is 11.6 Å². The molecule has 2 aromatic rings. The summed E-state index contributed by atoms with van der Waals surface area (Å²) in [5, 5.41) is 21.7. The van der Waals surface area contributed by atoms with Gasteiger partial charge in [-0.3, -0.25) is 0 Å². The molecule has 0 atom stereocenters. The number of rotatable bonds is 5. The van der Waals surface area contributed by atoms with E-state index < -0.39 is 5.97 Å². The van der Waals surface area contributed by atoms with Crippen LogP contribution in [0.5, 0.6) is 0 Å². The Morgan fingerprint density at radius 2 is 2.00 bits per heavy atom. The van der Waals surface area contributed by atoms with E-state index in [9.17, 15) is 9.59 Å². The van der Waals surface area contributed by atoms with Crippen LogP contribution in [0.3, 0.4) is 0 Å². The molecule has 1 aromatic carbocycles. The number of nitrogens with zero attached hydrogens (tertiary/aromatic N) is 3. The summed E-state index contributed by atoms with van der Waals surface area (Å²) < 4.78 is 1.78. The van der Waals surface area contributed by atoms with Gasteiger partial charge >= 0.3 is 12.0 Å². The highest BCUT2D eigenvalue weighted by atomic mass is 16.4. The Morgan fingerprint density at radius 1 is 1.29 bits per heavy atom. The lowest BCUT2D eigenvalue weighted by Crippen LogP contribution is -2.30. The molecule has 0 bridgehead atoms. The number of hydrogen-bond donors (Lipinski definition) is 3. The van der Waals surface area contributed by atoms with Crippen LogP contribution in [-0.2, 0) is 13.5 Å². The normalized spacial score (nSPS) is 10.1. The third kappa shape index (κ3) is 4.03. The zero-order valence-electron chi connectivity index (χ0n) is 11.4. The van der Waals surface area contributed by atoms with Crippen LogP contribution >= 0.6 is 0 Å². The number of carbonyl (C=O) groups excluding carboxylic acids is 1. The minimum Gasteiger partial charge on any atom is -0.478 e. The quantitative estimate of drug-likeness (QED) is 0.757. The maximum Gasteiger partial charge on any atom is 0.335 e. The van der Waals surface area contributed by atoms with Crippen molar-refractivity contribution in [1.29, 1.82) is 0 Å². The summed E-state index contributed by atoms with van der Waals surface area (Å²) >= 11 is 0. The fourth-order valence-corrected chi connectivity index (χ4v) is 1.69. The maximum absolute atomic E-state index is 11.7. The Balaban J connectivity index is 1.79. The largest absolute Gasteiger partial charge is 0.478 e. The van der Waals surface area contributed by atoms with Gasteiger partial charge in [0.05, 0.1) is 5.56 Å². The van der Waals surface area contributed by atoms with E-state index in [0.717, 1.165) is 5.82 Å². The fraction of sp³-hybridized carbons (Fsp3) is 0.231. The van der Waals surface area contributed by atoms with Crippen molar-refractivity contribution in [1.82, 2.24) is 20.1 Å². The molecule has 2 amide bonds. The number of carboxylic acid groups (broad SMARTS) is 1. The summed E-state index contributed by atoms with van der Waals surface area (Å²) in [6, 6.07) is 5.56. The molecule has 8 nitrogen and oxygen atoms in total. The van der Waals surface area contributed by atoms with Gasteiger partial charge in [-0.25, -0.2) is 9.59 Å². The first-order valence-corrected chi connectivity index (χ1v) is 6.27. The summed E-state index contributed by atoms with van der Waals surface area (Å²) in [4.78, 5) is 22.4. The monoisotopic (exact) mass is 289 g/mol. The summed E-state index contributed by atoms with van der Waals surface area (Å²) in [5.41, 5.74) is 0.694. The lowest BCUT2D eigenvalue weighted by Gasteiger charge is -2.07. The Morgan fingerprint density at radius 3 is 2.57 bits per heavy atom. The van der Waals surface area contributed by atoms with Gasteiger partial charge in [-0.1, -0.05) is 0 Å². The van der Waals surface area contributed by atoms with Gasteiger partial charge in [0.25, 0.3) is 0 Å². The number of nitrogens with one attached hydrogen (secondary N) is 2. The second-order valence-electron chi connectivity index (χ2n) is 4.37. The molecule has 0 radical (unpaired) electrons. The number of aryl methyl sites for hydroxylation is 1. The zero-order chi connectivity index (χ0) is 15.2. The molecule has 2 rings (SSSR count). The van der Waals surface area contributed by atoms with Crippen molar-refractivity contribution >= 4 is 17.7 Å². The van der Waals surface area contributed by atoms with Gasteiger partial charge in [0, 0.05) is 25.7 Å². The van der Waals surface area contributed by atoms with Gasteiger partial charge in [-0.2, -0.15) is 0 Å². The number of hydrogen-bond acceptors (Lipinski definition) is 4. The topological polar surface area (TPSA) is 109 Å². The van der Waals surface area contributed by atoms with Crippen molar-refractivity contribution in [3.63, 3.8) is 0 Å². The van der Waals surface area contributed by atoms with Crippen molar-refractivity contribution < 1.29 is 14.7 Å². The molecule has 0 saturated heterocycles. The number of aromatic nitrogens is 3. The highest BCUT2D eigenvalue weighted by molar-refractivity contribution is 5.91. The number of amides is 2. The predicted octanol–water partition coefficient (Wildman–Crippen LogP) is 0.877. The molecule has 21 heavy (non-hydrogen) atoms. The smallest absolute Gasteiger partial charge is 0.335 e. The Bertz CT molecular complexity index is 636. The predicted molar refractivity (Wildman–Crippen MR) is 75.1 cm³/mol. The van der Waals surface area contributed by atoms with Gasteiger partial charge < -0.3 is 20.3 Å². The summed E-state index contributed by atoms with van der Waals surface area (Å²) in [6.07, 6.45) is 2.17. The average molecular weight is 289 g/mol. The fourth-order valence-electron chi connectivity index (χ4n) is 1.69. The molecule has 8 heteroatoms. The van der Waals surface area contributed by atoms with Crippen LogP contribution in [0.2, 0.25) is 0 Å². The van der Waals surface area contributed by atoms with E-state index in [1.165, 1.54) is 24.3 Å². The Hall–Kier alpha value is -2.90. The van der Waals surface area contributed by atoms with Crippen molar-refractivity contribution in [3.8, 4) is 0 Å². The third-order valence-electron chi connectivity index (χ3n) is 2.83. The van der Waals surface area contributed by atoms with Crippen LogP contribution < -0.4 is 10.6 Å². The van der Waals surface area contributed by atoms with E-state index in [1.54, 1.807) is 10.9 Å². The molecule has 0 unspecified atom stereocenters. The Kier molecular flexibility index (Phi) is 4.50. The van der Waals surface area contributed by atoms with E-state index in [2.05, 4.69) is 20.8 Å². The van der Waals surface area contributed by atoms with Crippen molar-refractivity contribution in [2.45, 2.75) is 6.42 Å². The standard InChI is InChI=1S/C13H15N5O3/c1-18-8-15-17-11(18)6-7-14-13(21)16-10-4-2-9(3-5-10)12(19)20/h2-5,8H,6-7H2,1H3,(H,19,20)(H2,14,16,21).